The first-order valence-electron chi connectivity index (χ1n) is 12.3. The molecule has 3 aromatic carbocycles. The quantitative estimate of drug-likeness (QED) is 0.193. The number of ketones is 1. The summed E-state index contributed by atoms with van der Waals surface area (Å²) in [6, 6.07) is 19.1. The summed E-state index contributed by atoms with van der Waals surface area (Å²) in [5, 5.41) is 12.2. The summed E-state index contributed by atoms with van der Waals surface area (Å²) in [5.74, 6) is -1.01. The summed E-state index contributed by atoms with van der Waals surface area (Å²) in [4.78, 5) is 29.9. The average molecular weight is 553 g/mol. The molecule has 1 atom stereocenters. The Morgan fingerprint density at radius 2 is 1.76 bits per heavy atom. The summed E-state index contributed by atoms with van der Waals surface area (Å²) in [6.07, 6.45) is 0.647. The molecule has 1 aliphatic heterocycles. The molecule has 1 aliphatic rings. The van der Waals surface area contributed by atoms with Gasteiger partial charge in [-0.25, -0.2) is 0 Å². The molecule has 1 amide bonds. The van der Waals surface area contributed by atoms with Gasteiger partial charge in [-0.3, -0.25) is 9.59 Å². The van der Waals surface area contributed by atoms with E-state index in [1.807, 2.05) is 56.3 Å². The maximum absolute atomic E-state index is 13.3. The van der Waals surface area contributed by atoms with Crippen molar-refractivity contribution in [3.8, 4) is 5.75 Å². The van der Waals surface area contributed by atoms with Crippen LogP contribution < -0.4 is 4.74 Å². The van der Waals surface area contributed by atoms with E-state index in [1.165, 1.54) is 4.90 Å². The third-order valence-corrected chi connectivity index (χ3v) is 7.05. The maximum atomic E-state index is 13.3. The fourth-order valence-corrected chi connectivity index (χ4v) is 5.08. The van der Waals surface area contributed by atoms with Crippen LogP contribution in [0.3, 0.4) is 0 Å². The number of aliphatic hydroxyl groups excluding tert-OH is 1. The molecular weight excluding hydrogens is 523 g/mol. The van der Waals surface area contributed by atoms with E-state index in [0.29, 0.717) is 46.5 Å². The predicted octanol–water partition coefficient (Wildman–Crippen LogP) is 6.25. The number of Topliss-reactive ketones (excluding diaryl/α,β-unsaturated/α-hetero) is 1. The number of nitrogens with zero attached hydrogens (tertiary/aromatic N) is 2. The number of hydrogen-bond acceptors (Lipinski definition) is 5. The number of amides is 1. The van der Waals surface area contributed by atoms with Crippen LogP contribution in [-0.2, 0) is 16.2 Å². The zero-order valence-electron chi connectivity index (χ0n) is 21.6. The Hall–Kier alpha value is -3.32. The van der Waals surface area contributed by atoms with Gasteiger partial charge < -0.3 is 19.6 Å². The molecule has 0 radical (unpaired) electrons. The number of hydrogen-bond donors (Lipinski definition) is 1. The molecule has 1 N–H and O–H groups in total. The third kappa shape index (κ3) is 6.04. The molecule has 0 bridgehead atoms. The van der Waals surface area contributed by atoms with Crippen LogP contribution in [0.2, 0.25) is 10.0 Å². The Kier molecular flexibility index (Phi) is 8.77. The Bertz CT molecular complexity index is 1370. The lowest BCUT2D eigenvalue weighted by Gasteiger charge is -2.26. The van der Waals surface area contributed by atoms with Gasteiger partial charge in [0, 0.05) is 22.2 Å². The molecule has 3 aromatic rings. The van der Waals surface area contributed by atoms with Gasteiger partial charge in [-0.05, 0) is 81.0 Å². The number of halogens is 2. The minimum atomic E-state index is -0.837. The number of aryl methyl sites for hydroxylation is 1. The van der Waals surface area contributed by atoms with Crippen molar-refractivity contribution in [1.29, 1.82) is 0 Å². The van der Waals surface area contributed by atoms with Crippen LogP contribution in [0.1, 0.15) is 34.7 Å². The molecular formula is C30H30Cl2N2O4. The summed E-state index contributed by atoms with van der Waals surface area (Å²) < 4.78 is 5.96. The Morgan fingerprint density at radius 3 is 2.42 bits per heavy atom. The summed E-state index contributed by atoms with van der Waals surface area (Å²) >= 11 is 12.7. The number of ether oxygens (including phenoxy) is 1. The topological polar surface area (TPSA) is 70.1 Å². The fourth-order valence-electron chi connectivity index (χ4n) is 4.56. The number of likely N-dealkylation sites (tertiary alicyclic amines) is 1. The normalized spacial score (nSPS) is 16.9. The van der Waals surface area contributed by atoms with E-state index < -0.39 is 17.7 Å². The molecule has 8 heteroatoms. The van der Waals surface area contributed by atoms with Crippen molar-refractivity contribution in [3.63, 3.8) is 0 Å². The minimum Gasteiger partial charge on any atom is -0.507 e. The molecule has 1 fully saturated rings. The van der Waals surface area contributed by atoms with Gasteiger partial charge in [-0.15, -0.1) is 0 Å². The summed E-state index contributed by atoms with van der Waals surface area (Å²) in [5.41, 5.74) is 2.76. The predicted molar refractivity (Wildman–Crippen MR) is 151 cm³/mol. The van der Waals surface area contributed by atoms with Crippen LogP contribution in [0.5, 0.6) is 5.75 Å². The highest BCUT2D eigenvalue weighted by molar-refractivity contribution is 6.47. The average Bonchev–Trinajstić information content (AvgIpc) is 3.13. The Morgan fingerprint density at radius 1 is 1.03 bits per heavy atom. The molecule has 1 saturated heterocycles. The third-order valence-electron chi connectivity index (χ3n) is 6.49. The van der Waals surface area contributed by atoms with Gasteiger partial charge in [-0.1, -0.05) is 59.6 Å². The van der Waals surface area contributed by atoms with Gasteiger partial charge in [0.25, 0.3) is 11.7 Å². The van der Waals surface area contributed by atoms with Crippen molar-refractivity contribution in [1.82, 2.24) is 9.80 Å². The molecule has 0 saturated carbocycles. The van der Waals surface area contributed by atoms with Crippen molar-refractivity contribution in [3.05, 3.63) is 105 Å². The van der Waals surface area contributed by atoms with Gasteiger partial charge in [0.2, 0.25) is 0 Å². The zero-order valence-corrected chi connectivity index (χ0v) is 23.1. The maximum Gasteiger partial charge on any atom is 0.295 e. The van der Waals surface area contributed by atoms with Crippen LogP contribution in [-0.4, -0.2) is 53.8 Å². The van der Waals surface area contributed by atoms with E-state index >= 15 is 0 Å². The lowest BCUT2D eigenvalue weighted by molar-refractivity contribution is -0.139. The van der Waals surface area contributed by atoms with E-state index in [0.717, 1.165) is 17.7 Å². The number of carbonyl (C=O) groups excluding carboxylic acids is 2. The van der Waals surface area contributed by atoms with Crippen molar-refractivity contribution < 1.29 is 19.4 Å². The fraction of sp³-hybridized carbons (Fsp3) is 0.267. The van der Waals surface area contributed by atoms with E-state index in [1.54, 1.807) is 36.4 Å². The van der Waals surface area contributed by atoms with Crippen LogP contribution in [0, 0.1) is 6.92 Å². The van der Waals surface area contributed by atoms with Gasteiger partial charge in [0.1, 0.15) is 18.1 Å². The van der Waals surface area contributed by atoms with Gasteiger partial charge in [-0.2, -0.15) is 0 Å². The van der Waals surface area contributed by atoms with E-state index in [9.17, 15) is 14.7 Å². The lowest BCUT2D eigenvalue weighted by Crippen LogP contribution is -2.32. The molecule has 0 spiro atoms. The first-order valence-corrected chi connectivity index (χ1v) is 13.1. The summed E-state index contributed by atoms with van der Waals surface area (Å²) in [7, 11) is 3.88. The van der Waals surface area contributed by atoms with Gasteiger partial charge in [0.15, 0.2) is 0 Å². The van der Waals surface area contributed by atoms with Crippen molar-refractivity contribution in [2.24, 2.45) is 0 Å². The number of aliphatic hydroxyl groups is 1. The first kappa shape index (κ1) is 27.7. The molecule has 38 heavy (non-hydrogen) atoms. The monoisotopic (exact) mass is 552 g/mol. The zero-order chi connectivity index (χ0) is 27.4. The van der Waals surface area contributed by atoms with Gasteiger partial charge in [0.05, 0.1) is 11.6 Å². The van der Waals surface area contributed by atoms with Crippen LogP contribution in [0.4, 0.5) is 0 Å². The second kappa shape index (κ2) is 12.0. The molecule has 0 aliphatic carbocycles. The second-order valence-electron chi connectivity index (χ2n) is 9.57. The number of carbonyl (C=O) groups is 2. The Labute approximate surface area is 233 Å². The highest BCUT2D eigenvalue weighted by Gasteiger charge is 2.46. The highest BCUT2D eigenvalue weighted by Crippen LogP contribution is 2.42. The SMILES string of the molecule is Cc1cc(/C(O)=C2\C(=O)C(=O)N(CCCN(C)C)[C@@H]2c2ccc(Cl)cc2Cl)ccc1OCc1ccccc1. The first-order chi connectivity index (χ1) is 18.2. The highest BCUT2D eigenvalue weighted by atomic mass is 35.5. The Balaban J connectivity index is 1.71. The largest absolute Gasteiger partial charge is 0.507 e. The second-order valence-corrected chi connectivity index (χ2v) is 10.4. The lowest BCUT2D eigenvalue weighted by atomic mass is 9.94. The molecule has 4 rings (SSSR count). The van der Waals surface area contributed by atoms with E-state index in [-0.39, 0.29) is 11.3 Å². The van der Waals surface area contributed by atoms with Crippen LogP contribution in [0.15, 0.2) is 72.3 Å². The van der Waals surface area contributed by atoms with Crippen molar-refractivity contribution >= 4 is 40.7 Å². The standard InChI is InChI=1S/C30H30Cl2N2O4/c1-19-16-21(10-13-25(19)38-18-20-8-5-4-6-9-20)28(35)26-27(23-12-11-22(31)17-24(23)32)34(30(37)29(26)36)15-7-14-33(2)3/h4-6,8-13,16-17,27,35H,7,14-15,18H2,1-3H3/b28-26+/t27-/m1/s1. The minimum absolute atomic E-state index is 0.00132. The summed E-state index contributed by atoms with van der Waals surface area (Å²) in [6.45, 7) is 3.33. The molecule has 0 aromatic heterocycles. The number of benzene rings is 3. The van der Waals surface area contributed by atoms with Crippen LogP contribution >= 0.6 is 23.2 Å². The van der Waals surface area contributed by atoms with Crippen molar-refractivity contribution in [2.75, 3.05) is 27.2 Å². The van der Waals surface area contributed by atoms with Gasteiger partial charge >= 0.3 is 0 Å². The van der Waals surface area contributed by atoms with E-state index in [4.69, 9.17) is 27.9 Å². The van der Waals surface area contributed by atoms with E-state index in [2.05, 4.69) is 0 Å². The smallest absolute Gasteiger partial charge is 0.295 e. The molecule has 0 unspecified atom stereocenters. The molecule has 1 heterocycles. The molecule has 6 nitrogen and oxygen atoms in total. The van der Waals surface area contributed by atoms with Crippen LogP contribution in [0.25, 0.3) is 5.76 Å². The number of rotatable bonds is 9. The van der Waals surface area contributed by atoms with Crippen molar-refractivity contribution in [2.45, 2.75) is 26.0 Å². The molecule has 198 valence electrons.